The summed E-state index contributed by atoms with van der Waals surface area (Å²) in [5.41, 5.74) is 0.515. The zero-order valence-corrected chi connectivity index (χ0v) is 11.7. The Balaban J connectivity index is 1.67. The average molecular weight is 270 g/mol. The number of pyridine rings is 1. The van der Waals surface area contributed by atoms with Gasteiger partial charge in [-0.2, -0.15) is 0 Å². The van der Waals surface area contributed by atoms with E-state index >= 15 is 0 Å². The van der Waals surface area contributed by atoms with Crippen LogP contribution in [0.15, 0.2) is 36.8 Å². The van der Waals surface area contributed by atoms with E-state index in [1.54, 1.807) is 12.3 Å². The highest BCUT2D eigenvalue weighted by Crippen LogP contribution is 2.26. The highest BCUT2D eigenvalue weighted by molar-refractivity contribution is 5.92. The summed E-state index contributed by atoms with van der Waals surface area (Å²) in [6.45, 7) is 5.72. The summed E-state index contributed by atoms with van der Waals surface area (Å²) in [6, 6.07) is 5.75. The van der Waals surface area contributed by atoms with Crippen LogP contribution in [0.2, 0.25) is 0 Å². The largest absolute Gasteiger partial charge is 0.333 e. The van der Waals surface area contributed by atoms with Crippen molar-refractivity contribution in [1.29, 1.82) is 0 Å². The first-order chi connectivity index (χ1) is 9.66. The standard InChI is InChI=1S/C15H18N4O/c1-11(2)14-17-7-8-19(14)12-9-18(10-12)15(20)13-5-3-4-6-16-13/h3-8,11-12H,9-10H2,1-2H3. The predicted octanol–water partition coefficient (Wildman–Crippen LogP) is 2.10. The van der Waals surface area contributed by atoms with Crippen molar-refractivity contribution in [3.8, 4) is 0 Å². The molecule has 0 aliphatic carbocycles. The summed E-state index contributed by atoms with van der Waals surface area (Å²) in [4.78, 5) is 22.5. The molecule has 0 spiro atoms. The molecular formula is C15H18N4O. The Bertz CT molecular complexity index is 599. The third-order valence-electron chi connectivity index (χ3n) is 3.64. The minimum Gasteiger partial charge on any atom is -0.333 e. The van der Waals surface area contributed by atoms with Crippen molar-refractivity contribution in [3.63, 3.8) is 0 Å². The van der Waals surface area contributed by atoms with Crippen LogP contribution in [0.3, 0.4) is 0 Å². The lowest BCUT2D eigenvalue weighted by Gasteiger charge is -2.40. The van der Waals surface area contributed by atoms with Crippen LogP contribution in [0.4, 0.5) is 0 Å². The van der Waals surface area contributed by atoms with Crippen LogP contribution < -0.4 is 0 Å². The van der Waals surface area contributed by atoms with Gasteiger partial charge in [-0.05, 0) is 12.1 Å². The van der Waals surface area contributed by atoms with Crippen molar-refractivity contribution in [3.05, 3.63) is 48.3 Å². The number of amides is 1. The SMILES string of the molecule is CC(C)c1nccn1C1CN(C(=O)c2ccccn2)C1. The van der Waals surface area contributed by atoms with Crippen molar-refractivity contribution >= 4 is 5.91 Å². The van der Waals surface area contributed by atoms with Gasteiger partial charge in [0.15, 0.2) is 0 Å². The molecule has 1 aliphatic heterocycles. The summed E-state index contributed by atoms with van der Waals surface area (Å²) in [5.74, 6) is 1.48. The smallest absolute Gasteiger partial charge is 0.272 e. The highest BCUT2D eigenvalue weighted by atomic mass is 16.2. The number of nitrogens with zero attached hydrogens (tertiary/aromatic N) is 4. The number of carbonyl (C=O) groups excluding carboxylic acids is 1. The van der Waals surface area contributed by atoms with Crippen molar-refractivity contribution in [2.24, 2.45) is 0 Å². The van der Waals surface area contributed by atoms with E-state index in [1.165, 1.54) is 0 Å². The van der Waals surface area contributed by atoms with E-state index in [2.05, 4.69) is 28.4 Å². The fourth-order valence-corrected chi connectivity index (χ4v) is 2.53. The molecule has 0 saturated carbocycles. The Morgan fingerprint density at radius 2 is 2.05 bits per heavy atom. The first kappa shape index (κ1) is 12.8. The fraction of sp³-hybridized carbons (Fsp3) is 0.400. The number of rotatable bonds is 3. The molecule has 0 atom stereocenters. The summed E-state index contributed by atoms with van der Waals surface area (Å²) in [7, 11) is 0. The zero-order valence-electron chi connectivity index (χ0n) is 11.7. The van der Waals surface area contributed by atoms with Gasteiger partial charge in [0.05, 0.1) is 6.04 Å². The number of imidazole rings is 1. The van der Waals surface area contributed by atoms with Gasteiger partial charge in [0.2, 0.25) is 0 Å². The van der Waals surface area contributed by atoms with Gasteiger partial charge < -0.3 is 9.47 Å². The van der Waals surface area contributed by atoms with Gasteiger partial charge in [-0.1, -0.05) is 19.9 Å². The average Bonchev–Trinajstić information content (AvgIpc) is 2.87. The number of carbonyl (C=O) groups is 1. The molecule has 1 amide bonds. The molecular weight excluding hydrogens is 252 g/mol. The molecule has 0 bridgehead atoms. The zero-order chi connectivity index (χ0) is 14.1. The highest BCUT2D eigenvalue weighted by Gasteiger charge is 2.33. The second-order valence-corrected chi connectivity index (χ2v) is 5.43. The molecule has 20 heavy (non-hydrogen) atoms. The van der Waals surface area contributed by atoms with Crippen molar-refractivity contribution in [2.45, 2.75) is 25.8 Å². The Labute approximate surface area is 118 Å². The van der Waals surface area contributed by atoms with Crippen LogP contribution in [0.25, 0.3) is 0 Å². The second kappa shape index (κ2) is 5.07. The van der Waals surface area contributed by atoms with E-state index < -0.39 is 0 Å². The molecule has 0 aromatic carbocycles. The Hall–Kier alpha value is -2.17. The Kier molecular flexibility index (Phi) is 3.26. The lowest BCUT2D eigenvalue weighted by molar-refractivity contribution is 0.0509. The molecule has 3 rings (SSSR count). The monoisotopic (exact) mass is 270 g/mol. The molecule has 104 valence electrons. The van der Waals surface area contributed by atoms with E-state index in [9.17, 15) is 4.79 Å². The van der Waals surface area contributed by atoms with Crippen molar-refractivity contribution in [1.82, 2.24) is 19.4 Å². The van der Waals surface area contributed by atoms with Gasteiger partial charge in [0, 0.05) is 37.6 Å². The van der Waals surface area contributed by atoms with Gasteiger partial charge in [0.1, 0.15) is 11.5 Å². The summed E-state index contributed by atoms with van der Waals surface area (Å²) in [6.07, 6.45) is 5.48. The third kappa shape index (κ3) is 2.19. The molecule has 3 heterocycles. The minimum atomic E-state index is 0.00747. The van der Waals surface area contributed by atoms with E-state index in [1.807, 2.05) is 29.4 Å². The lowest BCUT2D eigenvalue weighted by Crippen LogP contribution is -2.51. The molecule has 2 aromatic heterocycles. The lowest BCUT2D eigenvalue weighted by atomic mass is 10.1. The quantitative estimate of drug-likeness (QED) is 0.858. The van der Waals surface area contributed by atoms with E-state index in [0.29, 0.717) is 17.7 Å². The maximum atomic E-state index is 12.2. The number of hydrogen-bond donors (Lipinski definition) is 0. The van der Waals surface area contributed by atoms with Gasteiger partial charge in [0.25, 0.3) is 5.91 Å². The summed E-state index contributed by atoms with van der Waals surface area (Å²) >= 11 is 0. The summed E-state index contributed by atoms with van der Waals surface area (Å²) in [5, 5.41) is 0. The molecule has 5 nitrogen and oxygen atoms in total. The first-order valence-corrected chi connectivity index (χ1v) is 6.90. The van der Waals surface area contributed by atoms with Crippen molar-refractivity contribution in [2.75, 3.05) is 13.1 Å². The second-order valence-electron chi connectivity index (χ2n) is 5.43. The van der Waals surface area contributed by atoms with Gasteiger partial charge in [-0.25, -0.2) is 4.98 Å². The molecule has 0 radical (unpaired) electrons. The topological polar surface area (TPSA) is 51.0 Å². The van der Waals surface area contributed by atoms with E-state index in [-0.39, 0.29) is 5.91 Å². The third-order valence-corrected chi connectivity index (χ3v) is 3.64. The molecule has 1 fully saturated rings. The van der Waals surface area contributed by atoms with Crippen molar-refractivity contribution < 1.29 is 4.79 Å². The van der Waals surface area contributed by atoms with Crippen LogP contribution >= 0.6 is 0 Å². The van der Waals surface area contributed by atoms with Gasteiger partial charge >= 0.3 is 0 Å². The Morgan fingerprint density at radius 1 is 1.25 bits per heavy atom. The Morgan fingerprint density at radius 3 is 2.70 bits per heavy atom. The van der Waals surface area contributed by atoms with Gasteiger partial charge in [-0.15, -0.1) is 0 Å². The maximum Gasteiger partial charge on any atom is 0.272 e. The fourth-order valence-electron chi connectivity index (χ4n) is 2.53. The van der Waals surface area contributed by atoms with E-state index in [4.69, 9.17) is 0 Å². The molecule has 1 saturated heterocycles. The first-order valence-electron chi connectivity index (χ1n) is 6.90. The van der Waals surface area contributed by atoms with Crippen LogP contribution in [0.1, 0.15) is 42.1 Å². The molecule has 0 N–H and O–H groups in total. The molecule has 1 aliphatic rings. The van der Waals surface area contributed by atoms with Crippen LogP contribution in [0, 0.1) is 0 Å². The molecule has 5 heteroatoms. The number of likely N-dealkylation sites (tertiary alicyclic amines) is 1. The molecule has 0 unspecified atom stereocenters. The normalized spacial score (nSPS) is 15.4. The minimum absolute atomic E-state index is 0.00747. The van der Waals surface area contributed by atoms with Gasteiger partial charge in [-0.3, -0.25) is 9.78 Å². The summed E-state index contributed by atoms with van der Waals surface area (Å²) < 4.78 is 2.19. The van der Waals surface area contributed by atoms with E-state index in [0.717, 1.165) is 18.9 Å². The number of aromatic nitrogens is 3. The predicted molar refractivity (Wildman–Crippen MR) is 75.5 cm³/mol. The molecule has 2 aromatic rings. The van der Waals surface area contributed by atoms with Crippen LogP contribution in [0.5, 0.6) is 0 Å². The van der Waals surface area contributed by atoms with Crippen LogP contribution in [-0.4, -0.2) is 38.4 Å². The number of hydrogen-bond acceptors (Lipinski definition) is 3. The van der Waals surface area contributed by atoms with Crippen LogP contribution in [-0.2, 0) is 0 Å². The maximum absolute atomic E-state index is 12.2.